The number of hydrogen-bond acceptors (Lipinski definition) is 3. The summed E-state index contributed by atoms with van der Waals surface area (Å²) in [4.78, 5) is 11.8. The van der Waals surface area contributed by atoms with Gasteiger partial charge >= 0.3 is 0 Å². The fraction of sp³-hybridized carbons (Fsp3) is 0.100. The number of benzene rings is 1. The fourth-order valence-corrected chi connectivity index (χ4v) is 1.76. The molecule has 6 heteroatoms. The predicted octanol–water partition coefficient (Wildman–Crippen LogP) is 1.08. The molecule has 2 rings (SSSR count). The standard InChI is InChI=1S/C10H7BrN4O/c1-2-3-12-10(16)7-4-6(11)5-8-9(7)14-15-13-8/h1,4-5H,3H2,(H,12,16)(H,13,14,15). The SMILES string of the molecule is C#CCNC(=O)c1cc(Br)cc2n[nH]nc12. The first kappa shape index (κ1) is 10.6. The molecule has 0 bridgehead atoms. The predicted molar refractivity (Wildman–Crippen MR) is 62.8 cm³/mol. The van der Waals surface area contributed by atoms with Crippen molar-refractivity contribution in [1.82, 2.24) is 20.7 Å². The Morgan fingerprint density at radius 1 is 1.56 bits per heavy atom. The molecule has 80 valence electrons. The van der Waals surface area contributed by atoms with E-state index in [-0.39, 0.29) is 12.5 Å². The zero-order valence-corrected chi connectivity index (χ0v) is 9.71. The minimum Gasteiger partial charge on any atom is -0.341 e. The number of carbonyl (C=O) groups excluding carboxylic acids is 1. The van der Waals surface area contributed by atoms with Crippen molar-refractivity contribution in [3.05, 3.63) is 22.2 Å². The maximum Gasteiger partial charge on any atom is 0.254 e. The highest BCUT2D eigenvalue weighted by atomic mass is 79.9. The molecule has 1 aromatic carbocycles. The van der Waals surface area contributed by atoms with Crippen molar-refractivity contribution in [2.45, 2.75) is 0 Å². The lowest BCUT2D eigenvalue weighted by atomic mass is 10.1. The summed E-state index contributed by atoms with van der Waals surface area (Å²) in [5.41, 5.74) is 1.59. The van der Waals surface area contributed by atoms with E-state index in [4.69, 9.17) is 6.42 Å². The van der Waals surface area contributed by atoms with Crippen LogP contribution in [-0.2, 0) is 0 Å². The van der Waals surface area contributed by atoms with Gasteiger partial charge in [0.1, 0.15) is 11.0 Å². The Kier molecular flexibility index (Phi) is 2.88. The van der Waals surface area contributed by atoms with Gasteiger partial charge in [-0.25, -0.2) is 0 Å². The first-order chi connectivity index (χ1) is 7.72. The van der Waals surface area contributed by atoms with Gasteiger partial charge in [0.25, 0.3) is 5.91 Å². The molecule has 0 spiro atoms. The molecule has 16 heavy (non-hydrogen) atoms. The molecule has 0 unspecified atom stereocenters. The smallest absolute Gasteiger partial charge is 0.254 e. The summed E-state index contributed by atoms with van der Waals surface area (Å²) in [7, 11) is 0. The average Bonchev–Trinajstić information content (AvgIpc) is 2.72. The van der Waals surface area contributed by atoms with Crippen molar-refractivity contribution >= 4 is 32.9 Å². The van der Waals surface area contributed by atoms with E-state index < -0.39 is 0 Å². The van der Waals surface area contributed by atoms with E-state index in [1.807, 2.05) is 0 Å². The van der Waals surface area contributed by atoms with Crippen LogP contribution >= 0.6 is 15.9 Å². The number of fused-ring (bicyclic) bond motifs is 1. The van der Waals surface area contributed by atoms with Crippen LogP contribution in [0.2, 0.25) is 0 Å². The topological polar surface area (TPSA) is 70.7 Å². The molecule has 1 amide bonds. The lowest BCUT2D eigenvalue weighted by molar-refractivity contribution is 0.0960. The van der Waals surface area contributed by atoms with Gasteiger partial charge in [0.2, 0.25) is 0 Å². The maximum absolute atomic E-state index is 11.8. The highest BCUT2D eigenvalue weighted by Gasteiger charge is 2.13. The molecule has 0 aliphatic rings. The molecule has 1 heterocycles. The van der Waals surface area contributed by atoms with Crippen LogP contribution in [0.1, 0.15) is 10.4 Å². The normalized spacial score (nSPS) is 10.0. The molecule has 0 aliphatic heterocycles. The van der Waals surface area contributed by atoms with Gasteiger partial charge in [0.05, 0.1) is 12.1 Å². The summed E-state index contributed by atoms with van der Waals surface area (Å²) in [6.07, 6.45) is 5.07. The molecular weight excluding hydrogens is 272 g/mol. The van der Waals surface area contributed by atoms with Crippen molar-refractivity contribution in [1.29, 1.82) is 0 Å². The summed E-state index contributed by atoms with van der Waals surface area (Å²) in [5, 5.41) is 12.9. The monoisotopic (exact) mass is 278 g/mol. The van der Waals surface area contributed by atoms with Gasteiger partial charge in [-0.15, -0.1) is 6.42 Å². The first-order valence-electron chi connectivity index (χ1n) is 4.44. The third kappa shape index (κ3) is 1.90. The van der Waals surface area contributed by atoms with Crippen LogP contribution in [0, 0.1) is 12.3 Å². The molecule has 2 aromatic rings. The van der Waals surface area contributed by atoms with Gasteiger partial charge in [0, 0.05) is 4.47 Å². The average molecular weight is 279 g/mol. The number of halogens is 1. The largest absolute Gasteiger partial charge is 0.341 e. The van der Waals surface area contributed by atoms with E-state index in [0.29, 0.717) is 16.6 Å². The minimum atomic E-state index is -0.266. The number of aromatic amines is 1. The van der Waals surface area contributed by atoms with E-state index in [1.165, 1.54) is 0 Å². The number of rotatable bonds is 2. The van der Waals surface area contributed by atoms with Gasteiger partial charge < -0.3 is 5.32 Å². The van der Waals surface area contributed by atoms with Crippen molar-refractivity contribution < 1.29 is 4.79 Å². The summed E-state index contributed by atoms with van der Waals surface area (Å²) in [6, 6.07) is 3.45. The number of carbonyl (C=O) groups is 1. The number of hydrogen-bond donors (Lipinski definition) is 2. The number of H-pyrrole nitrogens is 1. The Balaban J connectivity index is 2.47. The first-order valence-corrected chi connectivity index (χ1v) is 5.23. The lowest BCUT2D eigenvalue weighted by Gasteiger charge is -2.02. The van der Waals surface area contributed by atoms with Crippen LogP contribution in [0.5, 0.6) is 0 Å². The van der Waals surface area contributed by atoms with Gasteiger partial charge in [-0.3, -0.25) is 4.79 Å². The number of nitrogens with zero attached hydrogens (tertiary/aromatic N) is 2. The molecule has 1 aromatic heterocycles. The molecule has 0 fully saturated rings. The van der Waals surface area contributed by atoms with E-state index in [0.717, 1.165) is 4.47 Å². The number of aromatic nitrogens is 3. The van der Waals surface area contributed by atoms with Gasteiger partial charge in [-0.1, -0.05) is 21.9 Å². The number of nitrogens with one attached hydrogen (secondary N) is 2. The Morgan fingerprint density at radius 2 is 2.38 bits per heavy atom. The third-order valence-corrected chi connectivity index (χ3v) is 2.44. The van der Waals surface area contributed by atoms with Crippen LogP contribution in [0.3, 0.4) is 0 Å². The summed E-state index contributed by atoms with van der Waals surface area (Å²) in [5.74, 6) is 2.07. The van der Waals surface area contributed by atoms with E-state index in [9.17, 15) is 4.79 Å². The quantitative estimate of drug-likeness (QED) is 0.808. The molecule has 2 N–H and O–H groups in total. The van der Waals surface area contributed by atoms with Crippen LogP contribution in [0.4, 0.5) is 0 Å². The summed E-state index contributed by atoms with van der Waals surface area (Å²) in [6.45, 7) is 0.185. The van der Waals surface area contributed by atoms with Crippen molar-refractivity contribution in [2.24, 2.45) is 0 Å². The van der Waals surface area contributed by atoms with Crippen molar-refractivity contribution in [2.75, 3.05) is 6.54 Å². The van der Waals surface area contributed by atoms with Gasteiger partial charge in [-0.05, 0) is 12.1 Å². The minimum absolute atomic E-state index is 0.185. The van der Waals surface area contributed by atoms with E-state index in [2.05, 4.69) is 42.6 Å². The summed E-state index contributed by atoms with van der Waals surface area (Å²) >= 11 is 3.30. The molecule has 0 atom stereocenters. The van der Waals surface area contributed by atoms with E-state index in [1.54, 1.807) is 12.1 Å². The Bertz CT molecular complexity index is 584. The van der Waals surface area contributed by atoms with Gasteiger partial charge in [-0.2, -0.15) is 15.4 Å². The second-order valence-electron chi connectivity index (χ2n) is 3.03. The van der Waals surface area contributed by atoms with Crippen molar-refractivity contribution in [3.8, 4) is 12.3 Å². The molecular formula is C10H7BrN4O. The lowest BCUT2D eigenvalue weighted by Crippen LogP contribution is -2.23. The Morgan fingerprint density at radius 3 is 3.12 bits per heavy atom. The van der Waals surface area contributed by atoms with E-state index >= 15 is 0 Å². The third-order valence-electron chi connectivity index (χ3n) is 1.98. The van der Waals surface area contributed by atoms with Crippen LogP contribution in [0.15, 0.2) is 16.6 Å². The summed E-state index contributed by atoms with van der Waals surface area (Å²) < 4.78 is 0.764. The highest BCUT2D eigenvalue weighted by Crippen LogP contribution is 2.20. The number of amides is 1. The highest BCUT2D eigenvalue weighted by molar-refractivity contribution is 9.10. The number of terminal acetylenes is 1. The second-order valence-corrected chi connectivity index (χ2v) is 3.95. The van der Waals surface area contributed by atoms with Crippen LogP contribution in [0.25, 0.3) is 11.0 Å². The zero-order chi connectivity index (χ0) is 11.5. The van der Waals surface area contributed by atoms with Crippen LogP contribution in [-0.4, -0.2) is 27.9 Å². The second kappa shape index (κ2) is 4.33. The molecule has 0 aliphatic carbocycles. The fourth-order valence-electron chi connectivity index (χ4n) is 1.32. The Labute approximate surface area is 99.7 Å². The van der Waals surface area contributed by atoms with Gasteiger partial charge in [0.15, 0.2) is 0 Å². The Hall–Kier alpha value is -1.87. The zero-order valence-electron chi connectivity index (χ0n) is 8.12. The maximum atomic E-state index is 11.8. The molecule has 0 saturated heterocycles. The van der Waals surface area contributed by atoms with Crippen LogP contribution < -0.4 is 5.32 Å². The molecule has 5 nitrogen and oxygen atoms in total. The molecule has 0 saturated carbocycles. The van der Waals surface area contributed by atoms with Crippen molar-refractivity contribution in [3.63, 3.8) is 0 Å². The molecule has 0 radical (unpaired) electrons.